The molecule has 1 heterocycles. The molecule has 1 N–H and O–H groups in total. The molecule has 2 rings (SSSR count). The summed E-state index contributed by atoms with van der Waals surface area (Å²) in [5.41, 5.74) is 1.78. The number of benzene rings is 1. The van der Waals surface area contributed by atoms with E-state index in [-0.39, 0.29) is 11.3 Å². The van der Waals surface area contributed by atoms with Gasteiger partial charge in [0.15, 0.2) is 0 Å². The summed E-state index contributed by atoms with van der Waals surface area (Å²) in [4.78, 5) is 16.5. The van der Waals surface area contributed by atoms with Crippen LogP contribution in [0.1, 0.15) is 56.2 Å². The van der Waals surface area contributed by atoms with E-state index in [9.17, 15) is 13.7 Å². The number of hydrogen-bond acceptors (Lipinski definition) is 4. The number of hydrogen-bond donors (Lipinski definition) is 1. The van der Waals surface area contributed by atoms with Crippen molar-refractivity contribution in [1.82, 2.24) is 4.98 Å². The van der Waals surface area contributed by atoms with Crippen LogP contribution in [-0.2, 0) is 11.4 Å². The lowest BCUT2D eigenvalue weighted by atomic mass is 10.1. The summed E-state index contributed by atoms with van der Waals surface area (Å²) in [5.74, 6) is 4.67. The van der Waals surface area contributed by atoms with Gasteiger partial charge >= 0.3 is 0 Å². The number of halogens is 1. The molecule has 1 amide bonds. The molecular weight excluding hydrogens is 377 g/mol. The number of carbonyl (C=O) groups excluding carboxylic acids is 1. The van der Waals surface area contributed by atoms with Crippen molar-refractivity contribution in [2.24, 2.45) is 4.40 Å². The van der Waals surface area contributed by atoms with Crippen LogP contribution in [0, 0.1) is 17.7 Å². The maximum Gasteiger partial charge on any atom is 0.274 e. The summed E-state index contributed by atoms with van der Waals surface area (Å²) >= 11 is -1.51. The van der Waals surface area contributed by atoms with Crippen molar-refractivity contribution in [3.8, 4) is 11.8 Å². The van der Waals surface area contributed by atoms with Crippen LogP contribution in [0.5, 0.6) is 0 Å². The largest absolute Gasteiger partial charge is 0.591 e. The molecule has 1 aromatic heterocycles. The minimum absolute atomic E-state index is 0.178. The fraction of sp³-hybridized carbons (Fsp3) is 0.286. The van der Waals surface area contributed by atoms with Crippen molar-refractivity contribution >= 4 is 28.7 Å². The SMILES string of the molecule is CC#Cc1ccc(C(=O)Nc2ccc(F)c(/C(C)=N/[S+]([O-])C(C)(C)C)c2)nc1. The third-order valence-electron chi connectivity index (χ3n) is 3.62. The monoisotopic (exact) mass is 399 g/mol. The Morgan fingerprint density at radius 3 is 2.57 bits per heavy atom. The molecule has 1 atom stereocenters. The van der Waals surface area contributed by atoms with E-state index in [2.05, 4.69) is 26.5 Å². The Balaban J connectivity index is 2.23. The summed E-state index contributed by atoms with van der Waals surface area (Å²) < 4.78 is 30.0. The van der Waals surface area contributed by atoms with Gasteiger partial charge in [-0.3, -0.25) is 4.79 Å². The fourth-order valence-corrected chi connectivity index (χ4v) is 2.75. The van der Waals surface area contributed by atoms with Gasteiger partial charge in [0.2, 0.25) is 0 Å². The van der Waals surface area contributed by atoms with Crippen LogP contribution in [0.2, 0.25) is 0 Å². The first-order valence-electron chi connectivity index (χ1n) is 8.59. The second kappa shape index (κ2) is 9.00. The van der Waals surface area contributed by atoms with Gasteiger partial charge in [-0.25, -0.2) is 9.37 Å². The lowest BCUT2D eigenvalue weighted by Crippen LogP contribution is -2.26. The molecule has 28 heavy (non-hydrogen) atoms. The normalized spacial score (nSPS) is 12.8. The highest BCUT2D eigenvalue weighted by atomic mass is 32.2. The van der Waals surface area contributed by atoms with Gasteiger partial charge in [0.05, 0.1) is 5.71 Å². The second-order valence-electron chi connectivity index (χ2n) is 6.99. The summed E-state index contributed by atoms with van der Waals surface area (Å²) in [6.07, 6.45) is 1.51. The van der Waals surface area contributed by atoms with Gasteiger partial charge in [-0.15, -0.1) is 5.92 Å². The van der Waals surface area contributed by atoms with Crippen LogP contribution in [-0.4, -0.2) is 25.9 Å². The Morgan fingerprint density at radius 1 is 1.29 bits per heavy atom. The molecule has 0 radical (unpaired) electrons. The second-order valence-corrected chi connectivity index (χ2v) is 8.90. The molecule has 146 valence electrons. The lowest BCUT2D eigenvalue weighted by molar-refractivity contribution is 0.102. The average Bonchev–Trinajstić information content (AvgIpc) is 2.63. The molecule has 0 saturated carbocycles. The Morgan fingerprint density at radius 2 is 2.00 bits per heavy atom. The molecule has 0 aliphatic rings. The van der Waals surface area contributed by atoms with E-state index in [1.807, 2.05) is 0 Å². The van der Waals surface area contributed by atoms with E-state index >= 15 is 0 Å². The molecule has 5 nitrogen and oxygen atoms in total. The first-order chi connectivity index (χ1) is 13.1. The van der Waals surface area contributed by atoms with Crippen LogP contribution in [0.3, 0.4) is 0 Å². The third kappa shape index (κ3) is 5.65. The minimum atomic E-state index is -1.51. The molecule has 1 aromatic carbocycles. The van der Waals surface area contributed by atoms with Crippen molar-refractivity contribution in [2.75, 3.05) is 5.32 Å². The van der Waals surface area contributed by atoms with E-state index < -0.39 is 27.8 Å². The summed E-state index contributed by atoms with van der Waals surface area (Å²) in [7, 11) is 0. The van der Waals surface area contributed by atoms with Crippen molar-refractivity contribution in [2.45, 2.75) is 39.4 Å². The van der Waals surface area contributed by atoms with Crippen molar-refractivity contribution in [1.29, 1.82) is 0 Å². The first-order valence-corrected chi connectivity index (χ1v) is 9.70. The standard InChI is InChI=1S/C21H22FN3O2S/c1-6-7-15-8-11-19(23-13-15)20(26)24-16-9-10-18(22)17(12-16)14(2)25-28(27)21(3,4)5/h8-13H,1-5H3,(H,24,26)/b25-14+. The first kappa shape index (κ1) is 21.6. The molecular formula is C21H22FN3O2S. The predicted octanol–water partition coefficient (Wildman–Crippen LogP) is 4.12. The van der Waals surface area contributed by atoms with Crippen LogP contribution in [0.15, 0.2) is 40.9 Å². The number of rotatable bonds is 4. The fourth-order valence-electron chi connectivity index (χ4n) is 2.13. The van der Waals surface area contributed by atoms with Crippen LogP contribution in [0.4, 0.5) is 10.1 Å². The number of carbonyl (C=O) groups is 1. The molecule has 0 fully saturated rings. The summed E-state index contributed by atoms with van der Waals surface area (Å²) in [6, 6.07) is 7.41. The van der Waals surface area contributed by atoms with Gasteiger partial charge in [0, 0.05) is 23.0 Å². The number of anilines is 1. The topological polar surface area (TPSA) is 77.4 Å². The maximum absolute atomic E-state index is 14.2. The molecule has 2 aromatic rings. The number of amides is 1. The highest BCUT2D eigenvalue weighted by Gasteiger charge is 2.27. The van der Waals surface area contributed by atoms with Crippen molar-refractivity contribution < 1.29 is 13.7 Å². The van der Waals surface area contributed by atoms with Gasteiger partial charge in [-0.05, 0) is 65.0 Å². The minimum Gasteiger partial charge on any atom is -0.591 e. The zero-order valence-electron chi connectivity index (χ0n) is 16.5. The van der Waals surface area contributed by atoms with Crippen molar-refractivity contribution in [3.05, 3.63) is 59.2 Å². The van der Waals surface area contributed by atoms with Crippen molar-refractivity contribution in [3.63, 3.8) is 0 Å². The maximum atomic E-state index is 14.2. The molecule has 1 unspecified atom stereocenters. The molecule has 0 saturated heterocycles. The van der Waals surface area contributed by atoms with Crippen LogP contribution < -0.4 is 5.32 Å². The van der Waals surface area contributed by atoms with Gasteiger partial charge in [0.1, 0.15) is 27.6 Å². The number of nitrogens with one attached hydrogen (secondary N) is 1. The van der Waals surface area contributed by atoms with Crippen LogP contribution >= 0.6 is 0 Å². The number of pyridine rings is 1. The van der Waals surface area contributed by atoms with E-state index in [0.717, 1.165) is 0 Å². The number of nitrogens with zero attached hydrogens (tertiary/aromatic N) is 2. The Kier molecular flexibility index (Phi) is 6.95. The Labute approximate surface area is 167 Å². The molecule has 0 bridgehead atoms. The smallest absolute Gasteiger partial charge is 0.274 e. The van der Waals surface area contributed by atoms with E-state index in [1.54, 1.807) is 46.8 Å². The average molecular weight is 399 g/mol. The van der Waals surface area contributed by atoms with Gasteiger partial charge in [0.25, 0.3) is 5.91 Å². The zero-order chi connectivity index (χ0) is 20.9. The molecule has 7 heteroatoms. The highest BCUT2D eigenvalue weighted by molar-refractivity contribution is 7.91. The predicted molar refractivity (Wildman–Crippen MR) is 111 cm³/mol. The van der Waals surface area contributed by atoms with Gasteiger partial charge < -0.3 is 9.87 Å². The molecule has 0 spiro atoms. The van der Waals surface area contributed by atoms with Crippen LogP contribution in [0.25, 0.3) is 0 Å². The zero-order valence-corrected chi connectivity index (χ0v) is 17.3. The summed E-state index contributed by atoms with van der Waals surface area (Å²) in [5, 5.41) is 2.68. The lowest BCUT2D eigenvalue weighted by Gasteiger charge is -2.19. The van der Waals surface area contributed by atoms with Gasteiger partial charge in [-0.2, -0.15) is 0 Å². The van der Waals surface area contributed by atoms with Gasteiger partial charge in [-0.1, -0.05) is 10.3 Å². The quantitative estimate of drug-likeness (QED) is 0.477. The van der Waals surface area contributed by atoms with E-state index in [4.69, 9.17) is 0 Å². The molecule has 0 aliphatic carbocycles. The molecule has 0 aliphatic heterocycles. The van der Waals surface area contributed by atoms with E-state index in [1.165, 1.54) is 24.4 Å². The summed E-state index contributed by atoms with van der Waals surface area (Å²) in [6.45, 7) is 8.67. The van der Waals surface area contributed by atoms with E-state index in [0.29, 0.717) is 17.0 Å². The highest BCUT2D eigenvalue weighted by Crippen LogP contribution is 2.21. The number of aromatic nitrogens is 1. The third-order valence-corrected chi connectivity index (χ3v) is 5.11. The Bertz CT molecular complexity index is 954. The Hall–Kier alpha value is -2.69.